The topological polar surface area (TPSA) is 92.3 Å². The van der Waals surface area contributed by atoms with Crippen LogP contribution in [0.3, 0.4) is 0 Å². The quantitative estimate of drug-likeness (QED) is 0.607. The van der Waals surface area contributed by atoms with Crippen molar-refractivity contribution in [2.75, 3.05) is 18.4 Å². The molecule has 2 aromatic rings. The molecule has 10 heteroatoms. The number of hydrogen-bond donors (Lipinski definition) is 1. The Kier molecular flexibility index (Phi) is 7.61. The first kappa shape index (κ1) is 22.1. The highest BCUT2D eigenvalue weighted by Gasteiger charge is 2.33. The largest absolute Gasteiger partial charge is 0.300 e. The van der Waals surface area contributed by atoms with Crippen molar-refractivity contribution in [3.8, 4) is 0 Å². The van der Waals surface area contributed by atoms with Crippen LogP contribution < -0.4 is 5.32 Å². The van der Waals surface area contributed by atoms with E-state index < -0.39 is 15.9 Å². The number of benzene rings is 1. The number of unbranched alkanes of at least 4 members (excludes halogenated alkanes) is 2. The molecule has 0 radical (unpaired) electrons. The lowest BCUT2D eigenvalue weighted by Crippen LogP contribution is -2.43. The zero-order chi connectivity index (χ0) is 20.9. The molecule has 1 aliphatic heterocycles. The Bertz CT molecular complexity index is 931. The number of anilines is 1. The average Bonchev–Trinajstić information content (AvgIpc) is 3.16. The highest BCUT2D eigenvalue weighted by Crippen LogP contribution is 2.26. The number of carbonyl (C=O) groups excluding carboxylic acids is 1. The molecule has 1 amide bonds. The molecule has 1 N–H and O–H groups in total. The van der Waals surface area contributed by atoms with Crippen LogP contribution in [0.1, 0.15) is 44.0 Å². The molecule has 7 nitrogen and oxygen atoms in total. The van der Waals surface area contributed by atoms with Gasteiger partial charge in [-0.1, -0.05) is 42.7 Å². The van der Waals surface area contributed by atoms with Crippen LogP contribution in [0.5, 0.6) is 0 Å². The highest BCUT2D eigenvalue weighted by atomic mass is 35.5. The van der Waals surface area contributed by atoms with Gasteiger partial charge in [0, 0.05) is 24.5 Å². The second-order valence-electron chi connectivity index (χ2n) is 7.10. The van der Waals surface area contributed by atoms with Gasteiger partial charge in [-0.25, -0.2) is 8.42 Å². The van der Waals surface area contributed by atoms with E-state index in [1.54, 1.807) is 12.1 Å². The molecule has 0 spiro atoms. The number of aromatic nitrogens is 2. The molecule has 1 atom stereocenters. The van der Waals surface area contributed by atoms with Crippen molar-refractivity contribution in [1.82, 2.24) is 14.5 Å². The second-order valence-corrected chi connectivity index (χ2v) is 10.5. The van der Waals surface area contributed by atoms with Crippen molar-refractivity contribution in [2.45, 2.75) is 50.3 Å². The SMILES string of the molecule is CCCCCc1nnc(NC(=O)C2CCCN(S(=O)(=O)c3ccc(Cl)cc3)C2)s1. The van der Waals surface area contributed by atoms with Gasteiger partial charge in [0.25, 0.3) is 0 Å². The monoisotopic (exact) mass is 456 g/mol. The van der Waals surface area contributed by atoms with Crippen molar-refractivity contribution >= 4 is 44.0 Å². The van der Waals surface area contributed by atoms with Gasteiger partial charge in [-0.05, 0) is 43.5 Å². The van der Waals surface area contributed by atoms with Gasteiger partial charge >= 0.3 is 0 Å². The second kappa shape index (κ2) is 9.97. The molecule has 1 fully saturated rings. The van der Waals surface area contributed by atoms with E-state index in [2.05, 4.69) is 22.4 Å². The summed E-state index contributed by atoms with van der Waals surface area (Å²) in [5.74, 6) is -0.629. The van der Waals surface area contributed by atoms with Gasteiger partial charge in [-0.3, -0.25) is 4.79 Å². The van der Waals surface area contributed by atoms with Crippen molar-refractivity contribution in [2.24, 2.45) is 5.92 Å². The Morgan fingerprint density at radius 3 is 2.76 bits per heavy atom. The number of piperidine rings is 1. The van der Waals surface area contributed by atoms with Crippen LogP contribution >= 0.6 is 22.9 Å². The predicted octanol–water partition coefficient (Wildman–Crippen LogP) is 3.96. The number of amides is 1. The number of halogens is 1. The lowest BCUT2D eigenvalue weighted by molar-refractivity contribution is -0.120. The standard InChI is InChI=1S/C19H25ClN4O3S2/c1-2-3-4-7-17-22-23-19(28-17)21-18(25)14-6-5-12-24(13-14)29(26,27)16-10-8-15(20)9-11-16/h8-11,14H,2-7,12-13H2,1H3,(H,21,23,25). The van der Waals surface area contributed by atoms with E-state index in [9.17, 15) is 13.2 Å². The Morgan fingerprint density at radius 2 is 2.03 bits per heavy atom. The van der Waals surface area contributed by atoms with Crippen LogP contribution in [0.25, 0.3) is 0 Å². The van der Waals surface area contributed by atoms with Crippen molar-refractivity contribution in [1.29, 1.82) is 0 Å². The minimum atomic E-state index is -3.66. The molecule has 29 heavy (non-hydrogen) atoms. The molecule has 1 aromatic carbocycles. The van der Waals surface area contributed by atoms with Crippen molar-refractivity contribution in [3.63, 3.8) is 0 Å². The van der Waals surface area contributed by atoms with E-state index in [0.717, 1.165) is 30.7 Å². The van der Waals surface area contributed by atoms with Crippen molar-refractivity contribution < 1.29 is 13.2 Å². The van der Waals surface area contributed by atoms with Crippen LogP contribution in [0.4, 0.5) is 5.13 Å². The van der Waals surface area contributed by atoms with Crippen LogP contribution in [0, 0.1) is 5.92 Å². The molecule has 3 rings (SSSR count). The normalized spacial score (nSPS) is 17.9. The lowest BCUT2D eigenvalue weighted by atomic mass is 9.99. The Labute approximate surface area is 180 Å². The summed E-state index contributed by atoms with van der Waals surface area (Å²) in [5, 5.41) is 12.8. The molecule has 0 bridgehead atoms. The minimum absolute atomic E-state index is 0.152. The van der Waals surface area contributed by atoms with E-state index >= 15 is 0 Å². The van der Waals surface area contributed by atoms with Gasteiger partial charge in [-0.2, -0.15) is 4.31 Å². The molecule has 1 saturated heterocycles. The van der Waals surface area contributed by atoms with Gasteiger partial charge in [0.15, 0.2) is 0 Å². The Hall–Kier alpha value is -1.55. The fourth-order valence-electron chi connectivity index (χ4n) is 3.27. The maximum absolute atomic E-state index is 12.9. The van der Waals surface area contributed by atoms with Gasteiger partial charge in [0.2, 0.25) is 21.1 Å². The zero-order valence-electron chi connectivity index (χ0n) is 16.3. The first-order chi connectivity index (χ1) is 13.9. The van der Waals surface area contributed by atoms with Crippen molar-refractivity contribution in [3.05, 3.63) is 34.3 Å². The first-order valence-corrected chi connectivity index (χ1v) is 12.4. The fourth-order valence-corrected chi connectivity index (χ4v) is 5.70. The third-order valence-corrected chi connectivity index (χ3v) is 7.93. The number of rotatable bonds is 8. The molecule has 0 saturated carbocycles. The van der Waals surface area contributed by atoms with Crippen LogP contribution in [0.15, 0.2) is 29.2 Å². The fraction of sp³-hybridized carbons (Fsp3) is 0.526. The molecular weight excluding hydrogens is 432 g/mol. The van der Waals surface area contributed by atoms with Crippen LogP contribution in [0.2, 0.25) is 5.02 Å². The van der Waals surface area contributed by atoms with Crippen LogP contribution in [-0.4, -0.2) is 41.9 Å². The summed E-state index contributed by atoms with van der Waals surface area (Å²) < 4.78 is 27.1. The van der Waals surface area contributed by atoms with Gasteiger partial charge in [-0.15, -0.1) is 10.2 Å². The highest BCUT2D eigenvalue weighted by molar-refractivity contribution is 7.89. The van der Waals surface area contributed by atoms with E-state index in [-0.39, 0.29) is 17.3 Å². The summed E-state index contributed by atoms with van der Waals surface area (Å²) in [6, 6.07) is 6.08. The molecule has 0 aliphatic carbocycles. The third kappa shape index (κ3) is 5.75. The van der Waals surface area contributed by atoms with E-state index in [0.29, 0.717) is 29.5 Å². The molecule has 1 aliphatic rings. The average molecular weight is 457 g/mol. The Balaban J connectivity index is 1.61. The molecular formula is C19H25ClN4O3S2. The van der Waals surface area contributed by atoms with Crippen LogP contribution in [-0.2, 0) is 21.2 Å². The summed E-state index contributed by atoms with van der Waals surface area (Å²) in [7, 11) is -3.66. The maximum Gasteiger partial charge on any atom is 0.243 e. The van der Waals surface area contributed by atoms with E-state index in [1.165, 1.54) is 27.8 Å². The lowest BCUT2D eigenvalue weighted by Gasteiger charge is -2.31. The summed E-state index contributed by atoms with van der Waals surface area (Å²) in [6.45, 7) is 2.69. The number of nitrogens with zero attached hydrogens (tertiary/aromatic N) is 3. The molecule has 2 heterocycles. The molecule has 1 aromatic heterocycles. The minimum Gasteiger partial charge on any atom is -0.300 e. The summed E-state index contributed by atoms with van der Waals surface area (Å²) in [5.41, 5.74) is 0. The molecule has 1 unspecified atom stereocenters. The maximum atomic E-state index is 12.9. The number of carbonyl (C=O) groups is 1. The summed E-state index contributed by atoms with van der Waals surface area (Å²) >= 11 is 7.24. The predicted molar refractivity (Wildman–Crippen MR) is 115 cm³/mol. The van der Waals surface area contributed by atoms with E-state index in [1.807, 2.05) is 0 Å². The summed E-state index contributed by atoms with van der Waals surface area (Å²) in [4.78, 5) is 12.9. The first-order valence-electron chi connectivity index (χ1n) is 9.79. The third-order valence-electron chi connectivity index (χ3n) is 4.90. The smallest absolute Gasteiger partial charge is 0.243 e. The van der Waals surface area contributed by atoms with Gasteiger partial charge in [0.1, 0.15) is 5.01 Å². The number of nitrogens with one attached hydrogen (secondary N) is 1. The Morgan fingerprint density at radius 1 is 1.28 bits per heavy atom. The van der Waals surface area contributed by atoms with Gasteiger partial charge < -0.3 is 5.32 Å². The number of sulfonamides is 1. The van der Waals surface area contributed by atoms with E-state index in [4.69, 9.17) is 11.6 Å². The summed E-state index contributed by atoms with van der Waals surface area (Å²) in [6.07, 6.45) is 5.46. The molecule has 158 valence electrons. The number of aryl methyl sites for hydroxylation is 1. The number of hydrogen-bond acceptors (Lipinski definition) is 6. The zero-order valence-corrected chi connectivity index (χ0v) is 18.7. The van der Waals surface area contributed by atoms with Gasteiger partial charge in [0.05, 0.1) is 10.8 Å².